The first-order chi connectivity index (χ1) is 11.4. The maximum atomic E-state index is 11.1. The zero-order valence-corrected chi connectivity index (χ0v) is 14.9. The third-order valence-corrected chi connectivity index (χ3v) is 5.09. The second-order valence-corrected chi connectivity index (χ2v) is 7.18. The van der Waals surface area contributed by atoms with Crippen LogP contribution in [0.2, 0.25) is 5.02 Å². The predicted octanol–water partition coefficient (Wildman–Crippen LogP) is 4.04. The van der Waals surface area contributed by atoms with Gasteiger partial charge in [0.25, 0.3) is 0 Å². The quantitative estimate of drug-likeness (QED) is 0.708. The lowest BCUT2D eigenvalue weighted by Gasteiger charge is -2.07. The van der Waals surface area contributed by atoms with Crippen molar-refractivity contribution in [3.8, 4) is 21.8 Å². The van der Waals surface area contributed by atoms with E-state index in [0.29, 0.717) is 15.6 Å². The topological polar surface area (TPSA) is 53.0 Å². The lowest BCUT2D eigenvalue weighted by atomic mass is 10.0. The number of halogens is 1. The van der Waals surface area contributed by atoms with Gasteiger partial charge < -0.3 is 9.90 Å². The van der Waals surface area contributed by atoms with Gasteiger partial charge in [-0.2, -0.15) is 0 Å². The summed E-state index contributed by atoms with van der Waals surface area (Å²) in [6.07, 6.45) is -0.145. The van der Waals surface area contributed by atoms with Gasteiger partial charge in [-0.25, -0.2) is 4.98 Å². The van der Waals surface area contributed by atoms with Gasteiger partial charge >= 0.3 is 0 Å². The van der Waals surface area contributed by atoms with Crippen molar-refractivity contribution in [3.63, 3.8) is 0 Å². The van der Waals surface area contributed by atoms with Gasteiger partial charge in [0.15, 0.2) is 0 Å². The van der Waals surface area contributed by atoms with E-state index in [1.165, 1.54) is 11.3 Å². The minimum atomic E-state index is -1.10. The summed E-state index contributed by atoms with van der Waals surface area (Å²) in [6.45, 7) is 4.03. The van der Waals surface area contributed by atoms with E-state index >= 15 is 0 Å². The molecular formula is C19H15ClNO2S-. The number of carbonyl (C=O) groups excluding carboxylic acids is 1. The van der Waals surface area contributed by atoms with Crippen LogP contribution in [0.15, 0.2) is 42.5 Å². The Balaban J connectivity index is 2.13. The molecule has 5 heteroatoms. The van der Waals surface area contributed by atoms with Crippen LogP contribution >= 0.6 is 22.9 Å². The molecule has 0 bridgehead atoms. The summed E-state index contributed by atoms with van der Waals surface area (Å²) < 4.78 is 0. The van der Waals surface area contributed by atoms with E-state index in [1.807, 2.05) is 38.1 Å². The first kappa shape index (κ1) is 16.7. The molecule has 0 N–H and O–H groups in total. The Hall–Kier alpha value is -2.17. The van der Waals surface area contributed by atoms with E-state index in [2.05, 4.69) is 6.07 Å². The van der Waals surface area contributed by atoms with E-state index in [0.717, 1.165) is 27.3 Å². The molecule has 3 rings (SSSR count). The van der Waals surface area contributed by atoms with E-state index in [9.17, 15) is 9.90 Å². The molecule has 3 aromatic rings. The summed E-state index contributed by atoms with van der Waals surface area (Å²) in [4.78, 5) is 16.5. The van der Waals surface area contributed by atoms with Crippen LogP contribution in [-0.2, 0) is 11.2 Å². The highest BCUT2D eigenvalue weighted by molar-refractivity contribution is 7.15. The third-order valence-electron chi connectivity index (χ3n) is 3.73. The molecule has 0 fully saturated rings. The molecule has 0 saturated heterocycles. The smallest absolute Gasteiger partial charge is 0.124 e. The highest BCUT2D eigenvalue weighted by Gasteiger charge is 2.16. The second kappa shape index (κ2) is 6.75. The first-order valence-corrected chi connectivity index (χ1v) is 8.66. The van der Waals surface area contributed by atoms with Crippen molar-refractivity contribution in [2.75, 3.05) is 0 Å². The number of hydrogen-bond acceptors (Lipinski definition) is 4. The van der Waals surface area contributed by atoms with Crippen LogP contribution in [0.3, 0.4) is 0 Å². The fraction of sp³-hybridized carbons (Fsp3) is 0.158. The van der Waals surface area contributed by atoms with Crippen molar-refractivity contribution in [3.05, 3.63) is 63.5 Å². The Kier molecular flexibility index (Phi) is 4.69. The molecule has 0 radical (unpaired) electrons. The number of carboxylic acid groups (broad SMARTS) is 1. The lowest BCUT2D eigenvalue weighted by molar-refractivity contribution is -0.304. The molecule has 0 spiro atoms. The van der Waals surface area contributed by atoms with Crippen LogP contribution in [0.5, 0.6) is 0 Å². The standard InChI is InChI=1S/C19H16ClNO2S/c1-11-3-8-15(12(2)9-11)18-16(10-17(22)23)24-19(21-18)13-4-6-14(20)7-5-13/h3-9H,10H2,1-2H3,(H,22,23)/p-1. The van der Waals surface area contributed by atoms with Gasteiger partial charge in [-0.1, -0.05) is 47.5 Å². The van der Waals surface area contributed by atoms with Crippen molar-refractivity contribution in [2.24, 2.45) is 0 Å². The minimum absolute atomic E-state index is 0.145. The molecule has 3 nitrogen and oxygen atoms in total. The number of benzene rings is 2. The molecule has 0 amide bonds. The molecule has 0 aliphatic rings. The molecule has 2 aromatic carbocycles. The molecule has 122 valence electrons. The van der Waals surface area contributed by atoms with Crippen molar-refractivity contribution >= 4 is 28.9 Å². The van der Waals surface area contributed by atoms with Gasteiger partial charge in [-0.15, -0.1) is 11.3 Å². The first-order valence-electron chi connectivity index (χ1n) is 7.47. The third kappa shape index (κ3) is 3.50. The molecule has 1 heterocycles. The monoisotopic (exact) mass is 356 g/mol. The van der Waals surface area contributed by atoms with Crippen LogP contribution in [0, 0.1) is 13.8 Å². The molecule has 0 unspecified atom stereocenters. The summed E-state index contributed by atoms with van der Waals surface area (Å²) in [5, 5.41) is 12.6. The zero-order chi connectivity index (χ0) is 17.3. The maximum Gasteiger partial charge on any atom is 0.124 e. The molecular weight excluding hydrogens is 342 g/mol. The number of aromatic nitrogens is 1. The predicted molar refractivity (Wildman–Crippen MR) is 96.2 cm³/mol. The number of thiazole rings is 1. The van der Waals surface area contributed by atoms with Crippen molar-refractivity contribution < 1.29 is 9.90 Å². The van der Waals surface area contributed by atoms with Gasteiger partial charge in [0, 0.05) is 33.4 Å². The van der Waals surface area contributed by atoms with Crippen LogP contribution in [0.1, 0.15) is 16.0 Å². The molecule has 1 aromatic heterocycles. The number of aliphatic carboxylic acids is 1. The Morgan fingerprint density at radius 3 is 2.50 bits per heavy atom. The highest BCUT2D eigenvalue weighted by Crippen LogP contribution is 2.36. The molecule has 24 heavy (non-hydrogen) atoms. The molecule has 0 atom stereocenters. The number of hydrogen-bond donors (Lipinski definition) is 0. The average Bonchev–Trinajstić information content (AvgIpc) is 2.91. The molecule has 0 aliphatic carbocycles. The van der Waals surface area contributed by atoms with Crippen LogP contribution in [-0.4, -0.2) is 11.0 Å². The molecule has 0 saturated carbocycles. The number of carboxylic acids is 1. The Morgan fingerprint density at radius 1 is 1.17 bits per heavy atom. The summed E-state index contributed by atoms with van der Waals surface area (Å²) in [6, 6.07) is 13.4. The second-order valence-electron chi connectivity index (χ2n) is 5.66. The van der Waals surface area contributed by atoms with Gasteiger partial charge in [-0.3, -0.25) is 0 Å². The average molecular weight is 357 g/mol. The number of nitrogens with zero attached hydrogens (tertiary/aromatic N) is 1. The fourth-order valence-corrected chi connectivity index (χ4v) is 3.80. The van der Waals surface area contributed by atoms with E-state index < -0.39 is 5.97 Å². The number of carbonyl (C=O) groups is 1. The normalized spacial score (nSPS) is 10.8. The van der Waals surface area contributed by atoms with E-state index in [-0.39, 0.29) is 6.42 Å². The van der Waals surface area contributed by atoms with E-state index in [4.69, 9.17) is 16.6 Å². The maximum absolute atomic E-state index is 11.1. The SMILES string of the molecule is Cc1ccc(-c2nc(-c3ccc(Cl)cc3)sc2CC(=O)[O-])c(C)c1. The Bertz CT molecular complexity index is 900. The minimum Gasteiger partial charge on any atom is -0.550 e. The van der Waals surface area contributed by atoms with Crippen LogP contribution < -0.4 is 5.11 Å². The number of rotatable bonds is 4. The lowest BCUT2D eigenvalue weighted by Crippen LogP contribution is -2.24. The van der Waals surface area contributed by atoms with Crippen LogP contribution in [0.25, 0.3) is 21.8 Å². The van der Waals surface area contributed by atoms with E-state index in [1.54, 1.807) is 12.1 Å². The largest absolute Gasteiger partial charge is 0.550 e. The summed E-state index contributed by atoms with van der Waals surface area (Å²) in [5.74, 6) is -1.10. The van der Waals surface area contributed by atoms with Gasteiger partial charge in [0.1, 0.15) is 5.01 Å². The van der Waals surface area contributed by atoms with Crippen LogP contribution in [0.4, 0.5) is 0 Å². The Labute approximate surface area is 149 Å². The number of aryl methyl sites for hydroxylation is 2. The van der Waals surface area contributed by atoms with Crippen molar-refractivity contribution in [2.45, 2.75) is 20.3 Å². The zero-order valence-electron chi connectivity index (χ0n) is 13.3. The molecule has 0 aliphatic heterocycles. The fourth-order valence-electron chi connectivity index (χ4n) is 2.61. The van der Waals surface area contributed by atoms with Gasteiger partial charge in [-0.05, 0) is 31.5 Å². The summed E-state index contributed by atoms with van der Waals surface area (Å²) in [7, 11) is 0. The van der Waals surface area contributed by atoms with Gasteiger partial charge in [0.05, 0.1) is 5.69 Å². The van der Waals surface area contributed by atoms with Crippen molar-refractivity contribution in [1.82, 2.24) is 4.98 Å². The van der Waals surface area contributed by atoms with Crippen molar-refractivity contribution in [1.29, 1.82) is 0 Å². The summed E-state index contributed by atoms with van der Waals surface area (Å²) in [5.41, 5.74) is 4.81. The highest BCUT2D eigenvalue weighted by atomic mass is 35.5. The van der Waals surface area contributed by atoms with Gasteiger partial charge in [0.2, 0.25) is 0 Å². The summed E-state index contributed by atoms with van der Waals surface area (Å²) >= 11 is 7.31. The Morgan fingerprint density at radius 2 is 1.88 bits per heavy atom.